The third kappa shape index (κ3) is 1.43. The summed E-state index contributed by atoms with van der Waals surface area (Å²) in [7, 11) is 0. The molecule has 0 radical (unpaired) electrons. The Morgan fingerprint density at radius 1 is 1.07 bits per heavy atom. The first kappa shape index (κ1) is 9.00. The molecule has 2 nitrogen and oxygen atoms in total. The van der Waals surface area contributed by atoms with Gasteiger partial charge in [0.15, 0.2) is 0 Å². The highest BCUT2D eigenvalue weighted by atomic mass is 15.1. The standard InChI is InChI=1S/C12H14N2/c1-8-4-5-9(2)11(6-8)12-10(3)7-13-14-12/h4-7H,1-3H3,(H,13,14). The van der Waals surface area contributed by atoms with Gasteiger partial charge in [-0.1, -0.05) is 17.7 Å². The van der Waals surface area contributed by atoms with E-state index in [2.05, 4.69) is 49.2 Å². The quantitative estimate of drug-likeness (QED) is 0.728. The molecule has 0 fully saturated rings. The Kier molecular flexibility index (Phi) is 2.12. The topological polar surface area (TPSA) is 28.7 Å². The molecular weight excluding hydrogens is 172 g/mol. The molecule has 0 aliphatic heterocycles. The third-order valence-corrected chi connectivity index (χ3v) is 2.48. The van der Waals surface area contributed by atoms with Gasteiger partial charge >= 0.3 is 0 Å². The van der Waals surface area contributed by atoms with Crippen LogP contribution in [0.1, 0.15) is 16.7 Å². The van der Waals surface area contributed by atoms with Gasteiger partial charge in [-0.25, -0.2) is 0 Å². The third-order valence-electron chi connectivity index (χ3n) is 2.48. The molecule has 0 atom stereocenters. The van der Waals surface area contributed by atoms with Crippen LogP contribution in [0.25, 0.3) is 11.3 Å². The van der Waals surface area contributed by atoms with Crippen molar-refractivity contribution >= 4 is 0 Å². The van der Waals surface area contributed by atoms with Gasteiger partial charge in [0.1, 0.15) is 0 Å². The van der Waals surface area contributed by atoms with Crippen LogP contribution in [0.15, 0.2) is 24.4 Å². The van der Waals surface area contributed by atoms with Gasteiger partial charge in [-0.05, 0) is 38.0 Å². The monoisotopic (exact) mass is 186 g/mol. The maximum absolute atomic E-state index is 4.26. The van der Waals surface area contributed by atoms with E-state index in [1.54, 1.807) is 0 Å². The number of rotatable bonds is 1. The van der Waals surface area contributed by atoms with Crippen molar-refractivity contribution in [3.8, 4) is 11.3 Å². The highest BCUT2D eigenvalue weighted by Crippen LogP contribution is 2.24. The lowest BCUT2D eigenvalue weighted by Crippen LogP contribution is -1.87. The highest BCUT2D eigenvalue weighted by molar-refractivity contribution is 5.66. The molecule has 0 aliphatic carbocycles. The van der Waals surface area contributed by atoms with Crippen LogP contribution in [-0.4, -0.2) is 10.2 Å². The maximum atomic E-state index is 4.26. The van der Waals surface area contributed by atoms with E-state index in [9.17, 15) is 0 Å². The Hall–Kier alpha value is -1.57. The van der Waals surface area contributed by atoms with Gasteiger partial charge in [0.05, 0.1) is 5.69 Å². The van der Waals surface area contributed by atoms with Crippen molar-refractivity contribution in [2.75, 3.05) is 0 Å². The van der Waals surface area contributed by atoms with Gasteiger partial charge < -0.3 is 0 Å². The van der Waals surface area contributed by atoms with Gasteiger partial charge in [0.2, 0.25) is 0 Å². The summed E-state index contributed by atoms with van der Waals surface area (Å²) in [6.07, 6.45) is 1.93. The molecule has 2 heteroatoms. The summed E-state index contributed by atoms with van der Waals surface area (Å²) in [5, 5.41) is 7.16. The molecule has 14 heavy (non-hydrogen) atoms. The second kappa shape index (κ2) is 3.29. The lowest BCUT2D eigenvalue weighted by Gasteiger charge is -2.04. The molecule has 0 aliphatic rings. The van der Waals surface area contributed by atoms with Gasteiger partial charge in [-0.15, -0.1) is 0 Å². The minimum absolute atomic E-state index is 1.06. The smallest absolute Gasteiger partial charge is 0.0952 e. The number of hydrogen-bond acceptors (Lipinski definition) is 1. The number of aromatic amines is 1. The summed E-state index contributed by atoms with van der Waals surface area (Å²) >= 11 is 0. The van der Waals surface area contributed by atoms with Crippen LogP contribution in [0.3, 0.4) is 0 Å². The fourth-order valence-corrected chi connectivity index (χ4v) is 1.61. The lowest BCUT2D eigenvalue weighted by atomic mass is 10.0. The SMILES string of the molecule is Cc1ccc(C)c(-c2n[nH]cc2C)c1. The number of aryl methyl sites for hydroxylation is 3. The fourth-order valence-electron chi connectivity index (χ4n) is 1.61. The average molecular weight is 186 g/mol. The van der Waals surface area contributed by atoms with Crippen LogP contribution >= 0.6 is 0 Å². The molecule has 2 rings (SSSR count). The Morgan fingerprint density at radius 3 is 2.50 bits per heavy atom. The maximum Gasteiger partial charge on any atom is 0.0952 e. The van der Waals surface area contributed by atoms with E-state index >= 15 is 0 Å². The van der Waals surface area contributed by atoms with E-state index in [-0.39, 0.29) is 0 Å². The van der Waals surface area contributed by atoms with Crippen LogP contribution < -0.4 is 0 Å². The number of benzene rings is 1. The van der Waals surface area contributed by atoms with Crippen molar-refractivity contribution in [3.05, 3.63) is 41.1 Å². The number of H-pyrrole nitrogens is 1. The molecule has 1 aromatic heterocycles. The van der Waals surface area contributed by atoms with E-state index in [0.717, 1.165) is 5.69 Å². The van der Waals surface area contributed by atoms with E-state index < -0.39 is 0 Å². The number of nitrogens with zero attached hydrogens (tertiary/aromatic N) is 1. The number of hydrogen-bond donors (Lipinski definition) is 1. The minimum Gasteiger partial charge on any atom is -0.285 e. The molecule has 0 saturated carbocycles. The second-order valence-corrected chi connectivity index (χ2v) is 3.74. The van der Waals surface area contributed by atoms with Crippen molar-refractivity contribution in [3.63, 3.8) is 0 Å². The second-order valence-electron chi connectivity index (χ2n) is 3.74. The Bertz CT molecular complexity index is 455. The average Bonchev–Trinajstić information content (AvgIpc) is 2.56. The first-order valence-corrected chi connectivity index (χ1v) is 4.76. The fraction of sp³-hybridized carbons (Fsp3) is 0.250. The molecule has 0 spiro atoms. The molecule has 0 saturated heterocycles. The summed E-state index contributed by atoms with van der Waals surface area (Å²) in [5.74, 6) is 0. The van der Waals surface area contributed by atoms with Crippen LogP contribution in [0, 0.1) is 20.8 Å². The molecule has 72 valence electrons. The zero-order chi connectivity index (χ0) is 10.1. The van der Waals surface area contributed by atoms with E-state index in [1.165, 1.54) is 22.3 Å². The molecule has 2 aromatic rings. The minimum atomic E-state index is 1.06. The molecule has 1 aromatic carbocycles. The molecule has 1 heterocycles. The largest absolute Gasteiger partial charge is 0.285 e. The predicted molar refractivity (Wildman–Crippen MR) is 58.2 cm³/mol. The van der Waals surface area contributed by atoms with Crippen LogP contribution in [-0.2, 0) is 0 Å². The van der Waals surface area contributed by atoms with Crippen molar-refractivity contribution in [1.29, 1.82) is 0 Å². The molecule has 0 unspecified atom stereocenters. The molecule has 1 N–H and O–H groups in total. The summed E-state index contributed by atoms with van der Waals surface area (Å²) in [4.78, 5) is 0. The highest BCUT2D eigenvalue weighted by Gasteiger charge is 2.07. The zero-order valence-electron chi connectivity index (χ0n) is 8.76. The van der Waals surface area contributed by atoms with E-state index in [0.29, 0.717) is 0 Å². The molecular formula is C12H14N2. The van der Waals surface area contributed by atoms with Crippen LogP contribution in [0.4, 0.5) is 0 Å². The van der Waals surface area contributed by atoms with Crippen molar-refractivity contribution < 1.29 is 0 Å². The van der Waals surface area contributed by atoms with Gasteiger partial charge in [0, 0.05) is 11.8 Å². The van der Waals surface area contributed by atoms with Crippen molar-refractivity contribution in [2.45, 2.75) is 20.8 Å². The Morgan fingerprint density at radius 2 is 1.86 bits per heavy atom. The first-order valence-electron chi connectivity index (χ1n) is 4.76. The summed E-state index contributed by atoms with van der Waals surface area (Å²) in [6.45, 7) is 6.29. The zero-order valence-corrected chi connectivity index (χ0v) is 8.76. The number of aromatic nitrogens is 2. The van der Waals surface area contributed by atoms with Crippen LogP contribution in [0.5, 0.6) is 0 Å². The Balaban J connectivity index is 2.62. The van der Waals surface area contributed by atoms with Crippen molar-refractivity contribution in [2.24, 2.45) is 0 Å². The van der Waals surface area contributed by atoms with Crippen LogP contribution in [0.2, 0.25) is 0 Å². The van der Waals surface area contributed by atoms with Crippen molar-refractivity contribution in [1.82, 2.24) is 10.2 Å². The summed E-state index contributed by atoms with van der Waals surface area (Å²) in [6, 6.07) is 6.44. The predicted octanol–water partition coefficient (Wildman–Crippen LogP) is 3.00. The Labute approximate surface area is 84.0 Å². The molecule has 0 bridgehead atoms. The normalized spacial score (nSPS) is 10.5. The number of nitrogens with one attached hydrogen (secondary N) is 1. The summed E-state index contributed by atoms with van der Waals surface area (Å²) < 4.78 is 0. The van der Waals surface area contributed by atoms with Gasteiger partial charge in [0.25, 0.3) is 0 Å². The van der Waals surface area contributed by atoms with Gasteiger partial charge in [-0.3, -0.25) is 5.10 Å². The molecule has 0 amide bonds. The van der Waals surface area contributed by atoms with E-state index in [4.69, 9.17) is 0 Å². The van der Waals surface area contributed by atoms with E-state index in [1.807, 2.05) is 6.20 Å². The van der Waals surface area contributed by atoms with Gasteiger partial charge in [-0.2, -0.15) is 5.10 Å². The lowest BCUT2D eigenvalue weighted by molar-refractivity contribution is 1.09. The first-order chi connectivity index (χ1) is 6.68. The summed E-state index contributed by atoms with van der Waals surface area (Å²) in [5.41, 5.74) is 6.02.